The van der Waals surface area contributed by atoms with E-state index in [1.54, 1.807) is 0 Å². The van der Waals surface area contributed by atoms with E-state index < -0.39 is 15.8 Å². The summed E-state index contributed by atoms with van der Waals surface area (Å²) in [6, 6.07) is 12.2. The van der Waals surface area contributed by atoms with Crippen LogP contribution in [0.15, 0.2) is 58.8 Å². The molecule has 1 heterocycles. The van der Waals surface area contributed by atoms with Crippen LogP contribution < -0.4 is 9.62 Å². The van der Waals surface area contributed by atoms with E-state index in [9.17, 15) is 17.6 Å². The number of thiophene rings is 1. The van der Waals surface area contributed by atoms with Crippen molar-refractivity contribution in [3.8, 4) is 0 Å². The lowest BCUT2D eigenvalue weighted by molar-refractivity contribution is 0.103. The number of nitrogens with one attached hydrogen (secondary N) is 1. The van der Waals surface area contributed by atoms with Crippen LogP contribution in [0.5, 0.6) is 0 Å². The van der Waals surface area contributed by atoms with Crippen LogP contribution in [0.25, 0.3) is 0 Å². The van der Waals surface area contributed by atoms with Crippen molar-refractivity contribution in [2.24, 2.45) is 0 Å². The average Bonchev–Trinajstić information content (AvgIpc) is 3.16. The maximum atomic E-state index is 13.1. The van der Waals surface area contributed by atoms with E-state index in [1.165, 1.54) is 42.8 Å². The lowest BCUT2D eigenvalue weighted by Gasteiger charge is -2.18. The largest absolute Gasteiger partial charge is 0.321 e. The number of rotatable bonds is 5. The lowest BCUT2D eigenvalue weighted by atomic mass is 10.1. The van der Waals surface area contributed by atoms with Gasteiger partial charge in [-0.25, -0.2) is 12.8 Å². The second-order valence-corrected chi connectivity index (χ2v) is 9.25. The molecular formula is C20H19FN2O3S2. The SMILES string of the molecule is Cc1ccc(C)c(NC(=O)c2cc(S(=O)(=O)N(C)c3ccc(F)cc3)cs2)c1. The van der Waals surface area contributed by atoms with Crippen molar-refractivity contribution in [2.75, 3.05) is 16.7 Å². The first-order valence-corrected chi connectivity index (χ1v) is 10.7. The second-order valence-electron chi connectivity index (χ2n) is 6.37. The highest BCUT2D eigenvalue weighted by Crippen LogP contribution is 2.27. The topological polar surface area (TPSA) is 66.5 Å². The van der Waals surface area contributed by atoms with Crippen LogP contribution in [-0.2, 0) is 10.0 Å². The van der Waals surface area contributed by atoms with Crippen molar-refractivity contribution in [1.29, 1.82) is 0 Å². The predicted octanol–water partition coefficient (Wildman–Crippen LogP) is 4.58. The number of nitrogens with zero attached hydrogens (tertiary/aromatic N) is 1. The van der Waals surface area contributed by atoms with Crippen molar-refractivity contribution >= 4 is 38.6 Å². The normalized spacial score (nSPS) is 11.3. The van der Waals surface area contributed by atoms with Gasteiger partial charge in [-0.2, -0.15) is 0 Å². The minimum absolute atomic E-state index is 0.00967. The summed E-state index contributed by atoms with van der Waals surface area (Å²) >= 11 is 1.05. The Balaban J connectivity index is 1.83. The van der Waals surface area contributed by atoms with Gasteiger partial charge >= 0.3 is 0 Å². The third kappa shape index (κ3) is 4.07. The molecule has 5 nitrogen and oxygen atoms in total. The van der Waals surface area contributed by atoms with Crippen molar-refractivity contribution in [3.63, 3.8) is 0 Å². The molecule has 0 radical (unpaired) electrons. The third-order valence-corrected chi connectivity index (χ3v) is 7.13. The Morgan fingerprint density at radius 3 is 2.43 bits per heavy atom. The Labute approximate surface area is 167 Å². The average molecular weight is 419 g/mol. The van der Waals surface area contributed by atoms with E-state index in [4.69, 9.17) is 0 Å². The van der Waals surface area contributed by atoms with Crippen LogP contribution in [0.4, 0.5) is 15.8 Å². The highest BCUT2D eigenvalue weighted by atomic mass is 32.2. The summed E-state index contributed by atoms with van der Waals surface area (Å²) in [5.74, 6) is -0.819. The molecule has 3 rings (SSSR count). The molecule has 28 heavy (non-hydrogen) atoms. The number of amides is 1. The lowest BCUT2D eigenvalue weighted by Crippen LogP contribution is -2.26. The van der Waals surface area contributed by atoms with E-state index in [0.29, 0.717) is 11.4 Å². The van der Waals surface area contributed by atoms with Gasteiger partial charge in [-0.3, -0.25) is 9.10 Å². The van der Waals surface area contributed by atoms with E-state index in [1.807, 2.05) is 32.0 Å². The highest BCUT2D eigenvalue weighted by molar-refractivity contribution is 7.93. The fourth-order valence-electron chi connectivity index (χ4n) is 2.58. The van der Waals surface area contributed by atoms with Crippen LogP contribution in [-0.4, -0.2) is 21.4 Å². The van der Waals surface area contributed by atoms with Crippen LogP contribution in [0.1, 0.15) is 20.8 Å². The maximum Gasteiger partial charge on any atom is 0.265 e. The number of carbonyl (C=O) groups is 1. The molecule has 3 aromatic rings. The fourth-order valence-corrected chi connectivity index (χ4v) is 4.93. The van der Waals surface area contributed by atoms with Gasteiger partial charge in [0.25, 0.3) is 15.9 Å². The van der Waals surface area contributed by atoms with Crippen molar-refractivity contribution in [1.82, 2.24) is 0 Å². The number of halogens is 1. The van der Waals surface area contributed by atoms with Crippen LogP contribution >= 0.6 is 11.3 Å². The van der Waals surface area contributed by atoms with Crippen molar-refractivity contribution in [3.05, 3.63) is 75.7 Å². The summed E-state index contributed by atoms with van der Waals surface area (Å²) in [5, 5.41) is 4.24. The van der Waals surface area contributed by atoms with Gasteiger partial charge in [0, 0.05) is 18.1 Å². The van der Waals surface area contributed by atoms with E-state index in [-0.39, 0.29) is 15.7 Å². The van der Waals surface area contributed by atoms with E-state index in [2.05, 4.69) is 5.32 Å². The maximum absolute atomic E-state index is 13.1. The molecule has 1 N–H and O–H groups in total. The zero-order valence-electron chi connectivity index (χ0n) is 15.6. The van der Waals surface area contributed by atoms with Crippen LogP contribution in [0, 0.1) is 19.7 Å². The standard InChI is InChI=1S/C20H19FN2O3S2/c1-13-4-5-14(2)18(10-13)22-20(24)19-11-17(12-27-19)28(25,26)23(3)16-8-6-15(21)7-9-16/h4-12H,1-3H3,(H,22,24). The number of hydrogen-bond acceptors (Lipinski definition) is 4. The smallest absolute Gasteiger partial charge is 0.265 e. The van der Waals surface area contributed by atoms with Gasteiger partial charge in [0.2, 0.25) is 0 Å². The van der Waals surface area contributed by atoms with Gasteiger partial charge in [-0.05, 0) is 61.4 Å². The second kappa shape index (κ2) is 7.73. The first-order chi connectivity index (χ1) is 13.2. The molecule has 0 aliphatic rings. The minimum Gasteiger partial charge on any atom is -0.321 e. The van der Waals surface area contributed by atoms with E-state index in [0.717, 1.165) is 26.8 Å². The molecule has 2 aromatic carbocycles. The first kappa shape index (κ1) is 20.0. The summed E-state index contributed by atoms with van der Waals surface area (Å²) in [7, 11) is -2.48. The Morgan fingerprint density at radius 2 is 1.75 bits per heavy atom. The van der Waals surface area contributed by atoms with E-state index >= 15 is 0 Å². The molecule has 8 heteroatoms. The molecule has 0 spiro atoms. The van der Waals surface area contributed by atoms with Crippen molar-refractivity contribution < 1.29 is 17.6 Å². The number of anilines is 2. The first-order valence-electron chi connectivity index (χ1n) is 8.40. The van der Waals surface area contributed by atoms with Gasteiger partial charge in [0.15, 0.2) is 0 Å². The molecule has 0 saturated carbocycles. The summed E-state index contributed by atoms with van der Waals surface area (Å²) in [4.78, 5) is 12.8. The predicted molar refractivity (Wildman–Crippen MR) is 110 cm³/mol. The molecule has 146 valence electrons. The molecule has 1 aromatic heterocycles. The molecule has 0 saturated heterocycles. The summed E-state index contributed by atoms with van der Waals surface area (Å²) in [6.07, 6.45) is 0. The Bertz CT molecular complexity index is 1120. The number of hydrogen-bond donors (Lipinski definition) is 1. The Morgan fingerprint density at radius 1 is 1.07 bits per heavy atom. The Hall–Kier alpha value is -2.71. The van der Waals surface area contributed by atoms with Crippen LogP contribution in [0.3, 0.4) is 0 Å². The van der Waals surface area contributed by atoms with Gasteiger partial charge in [0.05, 0.1) is 15.5 Å². The zero-order valence-corrected chi connectivity index (χ0v) is 17.2. The molecule has 1 amide bonds. The minimum atomic E-state index is -3.86. The van der Waals surface area contributed by atoms with Gasteiger partial charge in [-0.15, -0.1) is 11.3 Å². The van der Waals surface area contributed by atoms with Gasteiger partial charge < -0.3 is 5.32 Å². The molecule has 0 fully saturated rings. The summed E-state index contributed by atoms with van der Waals surface area (Å²) in [6.45, 7) is 3.81. The summed E-state index contributed by atoms with van der Waals surface area (Å²) < 4.78 is 39.8. The highest BCUT2D eigenvalue weighted by Gasteiger charge is 2.24. The quantitative estimate of drug-likeness (QED) is 0.659. The number of sulfonamides is 1. The Kier molecular flexibility index (Phi) is 5.53. The number of carbonyl (C=O) groups excluding carboxylic acids is 1. The molecule has 0 atom stereocenters. The number of benzene rings is 2. The van der Waals surface area contributed by atoms with Crippen LogP contribution in [0.2, 0.25) is 0 Å². The fraction of sp³-hybridized carbons (Fsp3) is 0.150. The monoisotopic (exact) mass is 418 g/mol. The molecule has 0 aliphatic heterocycles. The molecule has 0 aliphatic carbocycles. The van der Waals surface area contributed by atoms with Gasteiger partial charge in [0.1, 0.15) is 5.82 Å². The van der Waals surface area contributed by atoms with Crippen molar-refractivity contribution in [2.45, 2.75) is 18.7 Å². The summed E-state index contributed by atoms with van der Waals surface area (Å²) in [5.41, 5.74) is 2.94. The molecule has 0 bridgehead atoms. The molecule has 0 unspecified atom stereocenters. The number of aryl methyl sites for hydroxylation is 2. The molecular weight excluding hydrogens is 399 g/mol. The zero-order chi connectivity index (χ0) is 20.5. The third-order valence-electron chi connectivity index (χ3n) is 4.29. The van der Waals surface area contributed by atoms with Gasteiger partial charge in [-0.1, -0.05) is 12.1 Å².